The lowest BCUT2D eigenvalue weighted by atomic mass is 10.2. The van der Waals surface area contributed by atoms with Crippen molar-refractivity contribution in [2.75, 3.05) is 5.73 Å². The van der Waals surface area contributed by atoms with Crippen LogP contribution in [0.4, 0.5) is 5.69 Å². The van der Waals surface area contributed by atoms with Crippen LogP contribution in [0.1, 0.15) is 5.56 Å². The molecule has 78 valence electrons. The highest BCUT2D eigenvalue weighted by atomic mass is 127. The molecule has 5 heteroatoms. The fourth-order valence-electron chi connectivity index (χ4n) is 1.33. The van der Waals surface area contributed by atoms with Crippen LogP contribution in [-0.4, -0.2) is 9.78 Å². The monoisotopic (exact) mass is 377 g/mol. The van der Waals surface area contributed by atoms with E-state index in [2.05, 4.69) is 43.6 Å². The van der Waals surface area contributed by atoms with Gasteiger partial charge in [0, 0.05) is 21.9 Å². The number of aromatic nitrogens is 2. The molecule has 0 bridgehead atoms. The predicted octanol–water partition coefficient (Wildman–Crippen LogP) is 2.88. The highest BCUT2D eigenvalue weighted by molar-refractivity contribution is 14.1. The number of rotatable bonds is 2. The molecule has 0 saturated heterocycles. The zero-order valence-electron chi connectivity index (χ0n) is 7.82. The van der Waals surface area contributed by atoms with E-state index in [9.17, 15) is 0 Å². The van der Waals surface area contributed by atoms with Gasteiger partial charge in [-0.1, -0.05) is 22.0 Å². The van der Waals surface area contributed by atoms with Gasteiger partial charge >= 0.3 is 0 Å². The van der Waals surface area contributed by atoms with Crippen molar-refractivity contribution in [2.45, 2.75) is 6.54 Å². The van der Waals surface area contributed by atoms with Crippen molar-refractivity contribution in [3.05, 3.63) is 44.2 Å². The van der Waals surface area contributed by atoms with E-state index < -0.39 is 0 Å². The maximum Gasteiger partial charge on any atom is 0.0691 e. The van der Waals surface area contributed by atoms with Gasteiger partial charge in [-0.3, -0.25) is 4.68 Å². The Hall–Kier alpha value is -0.560. The van der Waals surface area contributed by atoms with Crippen LogP contribution in [0.25, 0.3) is 0 Å². The van der Waals surface area contributed by atoms with Gasteiger partial charge in [0.2, 0.25) is 0 Å². The Morgan fingerprint density at radius 2 is 2.27 bits per heavy atom. The second kappa shape index (κ2) is 4.52. The molecule has 1 heterocycles. The first-order chi connectivity index (χ1) is 7.16. The molecule has 0 atom stereocenters. The van der Waals surface area contributed by atoms with Gasteiger partial charge in [0.25, 0.3) is 0 Å². The summed E-state index contributed by atoms with van der Waals surface area (Å²) in [5, 5.41) is 4.23. The van der Waals surface area contributed by atoms with Crippen molar-refractivity contribution in [3.8, 4) is 0 Å². The molecule has 1 aromatic carbocycles. The Balaban J connectivity index is 2.31. The quantitative estimate of drug-likeness (QED) is 0.646. The van der Waals surface area contributed by atoms with E-state index in [-0.39, 0.29) is 0 Å². The molecule has 1 aromatic heterocycles. The Kier molecular flexibility index (Phi) is 3.30. The number of nitrogens with two attached hydrogens (primary N) is 1. The molecule has 2 rings (SSSR count). The summed E-state index contributed by atoms with van der Waals surface area (Å²) in [5.41, 5.74) is 7.76. The van der Waals surface area contributed by atoms with Crippen LogP contribution >= 0.6 is 38.5 Å². The highest BCUT2D eigenvalue weighted by Crippen LogP contribution is 2.23. The minimum Gasteiger partial charge on any atom is -0.398 e. The van der Waals surface area contributed by atoms with Gasteiger partial charge in [-0.05, 0) is 34.7 Å². The SMILES string of the molecule is Nc1cccc(Br)c1Cn1cc(I)cn1. The summed E-state index contributed by atoms with van der Waals surface area (Å²) in [4.78, 5) is 0. The van der Waals surface area contributed by atoms with Gasteiger partial charge in [-0.15, -0.1) is 0 Å². The van der Waals surface area contributed by atoms with Crippen LogP contribution in [0.5, 0.6) is 0 Å². The normalized spacial score (nSPS) is 10.5. The Labute approximate surface area is 110 Å². The van der Waals surface area contributed by atoms with Gasteiger partial charge in [0.15, 0.2) is 0 Å². The second-order valence-electron chi connectivity index (χ2n) is 3.16. The maximum absolute atomic E-state index is 5.90. The molecule has 0 aliphatic rings. The average Bonchev–Trinajstić information content (AvgIpc) is 2.58. The molecule has 0 fully saturated rings. The average molecular weight is 378 g/mol. The van der Waals surface area contributed by atoms with Crippen molar-refractivity contribution in [1.82, 2.24) is 9.78 Å². The first kappa shape index (κ1) is 10.9. The predicted molar refractivity (Wildman–Crippen MR) is 72.6 cm³/mol. The zero-order valence-corrected chi connectivity index (χ0v) is 11.6. The molecule has 0 saturated carbocycles. The lowest BCUT2D eigenvalue weighted by Gasteiger charge is -2.07. The minimum atomic E-state index is 0.691. The van der Waals surface area contributed by atoms with E-state index in [4.69, 9.17) is 5.73 Å². The fraction of sp³-hybridized carbons (Fsp3) is 0.100. The molecule has 0 radical (unpaired) electrons. The van der Waals surface area contributed by atoms with Gasteiger partial charge in [-0.2, -0.15) is 5.10 Å². The van der Waals surface area contributed by atoms with E-state index in [1.165, 1.54) is 0 Å². The van der Waals surface area contributed by atoms with Crippen LogP contribution < -0.4 is 5.73 Å². The number of benzene rings is 1. The second-order valence-corrected chi connectivity index (χ2v) is 5.26. The number of halogens is 2. The van der Waals surface area contributed by atoms with E-state index in [0.717, 1.165) is 19.3 Å². The topological polar surface area (TPSA) is 43.8 Å². The Morgan fingerprint density at radius 3 is 2.87 bits per heavy atom. The Morgan fingerprint density at radius 1 is 1.47 bits per heavy atom. The standard InChI is InChI=1S/C10H9BrIN3/c11-9-2-1-3-10(13)8(9)6-15-5-7(12)4-14-15/h1-5H,6,13H2. The molecular weight excluding hydrogens is 369 g/mol. The third-order valence-electron chi connectivity index (χ3n) is 2.08. The highest BCUT2D eigenvalue weighted by Gasteiger charge is 2.05. The number of nitrogens with zero attached hydrogens (tertiary/aromatic N) is 2. The Bertz CT molecular complexity index is 461. The zero-order chi connectivity index (χ0) is 10.8. The third kappa shape index (κ3) is 2.52. The van der Waals surface area contributed by atoms with Gasteiger partial charge in [-0.25, -0.2) is 0 Å². The van der Waals surface area contributed by atoms with Gasteiger partial charge in [0.1, 0.15) is 0 Å². The third-order valence-corrected chi connectivity index (χ3v) is 3.38. The van der Waals surface area contributed by atoms with Gasteiger partial charge in [0.05, 0.1) is 16.3 Å². The van der Waals surface area contributed by atoms with Crippen molar-refractivity contribution in [2.24, 2.45) is 0 Å². The molecule has 0 spiro atoms. The first-order valence-corrected chi connectivity index (χ1v) is 6.25. The number of anilines is 1. The molecule has 2 aromatic rings. The lowest BCUT2D eigenvalue weighted by molar-refractivity contribution is 0.686. The van der Waals surface area contributed by atoms with E-state index in [1.54, 1.807) is 0 Å². The summed E-state index contributed by atoms with van der Waals surface area (Å²) >= 11 is 5.72. The van der Waals surface area contributed by atoms with Crippen LogP contribution in [0, 0.1) is 3.57 Å². The summed E-state index contributed by atoms with van der Waals surface area (Å²) in [6.07, 6.45) is 3.81. The van der Waals surface area contributed by atoms with E-state index in [1.807, 2.05) is 35.3 Å². The smallest absolute Gasteiger partial charge is 0.0691 e. The fourth-order valence-corrected chi connectivity index (χ4v) is 2.28. The van der Waals surface area contributed by atoms with Crippen LogP contribution in [-0.2, 0) is 6.54 Å². The summed E-state index contributed by atoms with van der Waals surface area (Å²) in [5.74, 6) is 0. The summed E-state index contributed by atoms with van der Waals surface area (Å²) < 4.78 is 4.02. The molecule has 15 heavy (non-hydrogen) atoms. The van der Waals surface area contributed by atoms with E-state index >= 15 is 0 Å². The molecule has 0 unspecified atom stereocenters. The van der Waals surface area contributed by atoms with Crippen LogP contribution in [0.2, 0.25) is 0 Å². The summed E-state index contributed by atoms with van der Waals surface area (Å²) in [6.45, 7) is 0.691. The number of nitrogen functional groups attached to an aromatic ring is 1. The van der Waals surface area contributed by atoms with Crippen LogP contribution in [0.3, 0.4) is 0 Å². The first-order valence-electron chi connectivity index (χ1n) is 4.37. The van der Waals surface area contributed by atoms with Crippen molar-refractivity contribution < 1.29 is 0 Å². The van der Waals surface area contributed by atoms with Crippen molar-refractivity contribution >= 4 is 44.2 Å². The van der Waals surface area contributed by atoms with Crippen LogP contribution in [0.15, 0.2) is 35.1 Å². The molecule has 0 aliphatic carbocycles. The van der Waals surface area contributed by atoms with Crippen molar-refractivity contribution in [3.63, 3.8) is 0 Å². The molecular formula is C10H9BrIN3. The summed E-state index contributed by atoms with van der Waals surface area (Å²) in [7, 11) is 0. The van der Waals surface area contributed by atoms with Gasteiger partial charge < -0.3 is 5.73 Å². The molecule has 3 nitrogen and oxygen atoms in total. The summed E-state index contributed by atoms with van der Waals surface area (Å²) in [6, 6.07) is 5.81. The number of hydrogen-bond donors (Lipinski definition) is 1. The molecule has 0 amide bonds. The molecule has 0 aliphatic heterocycles. The molecule has 2 N–H and O–H groups in total. The largest absolute Gasteiger partial charge is 0.398 e. The van der Waals surface area contributed by atoms with E-state index in [0.29, 0.717) is 6.54 Å². The maximum atomic E-state index is 5.90. The minimum absolute atomic E-state index is 0.691. The van der Waals surface area contributed by atoms with Crippen molar-refractivity contribution in [1.29, 1.82) is 0 Å². The number of hydrogen-bond acceptors (Lipinski definition) is 2. The lowest BCUT2D eigenvalue weighted by Crippen LogP contribution is -2.04.